The van der Waals surface area contributed by atoms with Gasteiger partial charge in [0.05, 0.1) is 0 Å². The maximum atomic E-state index is 13.5. The number of hydrogen-bond acceptors (Lipinski definition) is 3. The predicted octanol–water partition coefficient (Wildman–Crippen LogP) is 2.52. The van der Waals surface area contributed by atoms with Gasteiger partial charge in [-0.2, -0.15) is 0 Å². The van der Waals surface area contributed by atoms with Gasteiger partial charge in [0, 0.05) is 37.8 Å². The Morgan fingerprint density at radius 1 is 1.37 bits per heavy atom. The van der Waals surface area contributed by atoms with Crippen molar-refractivity contribution in [1.29, 1.82) is 0 Å². The average molecular weight is 266 g/mol. The quantitative estimate of drug-likeness (QED) is 0.879. The van der Waals surface area contributed by atoms with E-state index in [1.807, 2.05) is 0 Å². The molecule has 1 fully saturated rings. The summed E-state index contributed by atoms with van der Waals surface area (Å²) < 4.78 is 13.5. The second kappa shape index (κ2) is 6.35. The summed E-state index contributed by atoms with van der Waals surface area (Å²) in [7, 11) is 0. The summed E-state index contributed by atoms with van der Waals surface area (Å²) in [6, 6.07) is 4.34. The Hall–Kier alpha value is -1.13. The lowest BCUT2D eigenvalue weighted by molar-refractivity contribution is 0.126. The van der Waals surface area contributed by atoms with Crippen LogP contribution in [0.4, 0.5) is 4.39 Å². The minimum Gasteiger partial charge on any atom is -0.508 e. The predicted molar refractivity (Wildman–Crippen MR) is 74.7 cm³/mol. The van der Waals surface area contributed by atoms with Crippen LogP contribution < -0.4 is 5.32 Å². The SMILES string of the molecule is CCC(C)[C@H](c1cc(F)ccc1O)N1CCNCC1. The second-order valence-corrected chi connectivity index (χ2v) is 5.32. The molecule has 106 valence electrons. The molecule has 1 aliphatic heterocycles. The van der Waals surface area contributed by atoms with Gasteiger partial charge in [-0.1, -0.05) is 20.3 Å². The number of benzene rings is 1. The Labute approximate surface area is 114 Å². The molecule has 1 aromatic carbocycles. The first kappa shape index (κ1) is 14.3. The van der Waals surface area contributed by atoms with Gasteiger partial charge < -0.3 is 10.4 Å². The molecule has 19 heavy (non-hydrogen) atoms. The van der Waals surface area contributed by atoms with E-state index in [0.29, 0.717) is 5.92 Å². The highest BCUT2D eigenvalue weighted by molar-refractivity contribution is 5.35. The van der Waals surface area contributed by atoms with Crippen LogP contribution in [0.1, 0.15) is 31.9 Å². The highest BCUT2D eigenvalue weighted by Gasteiger charge is 2.28. The van der Waals surface area contributed by atoms with Crippen molar-refractivity contribution in [1.82, 2.24) is 10.2 Å². The Kier molecular flexibility index (Phi) is 4.77. The van der Waals surface area contributed by atoms with Crippen molar-refractivity contribution in [2.24, 2.45) is 5.92 Å². The first-order valence-corrected chi connectivity index (χ1v) is 7.06. The van der Waals surface area contributed by atoms with Gasteiger partial charge in [-0.05, 0) is 24.1 Å². The Bertz CT molecular complexity index is 419. The van der Waals surface area contributed by atoms with Crippen molar-refractivity contribution in [3.8, 4) is 5.75 Å². The van der Waals surface area contributed by atoms with Gasteiger partial charge in [-0.25, -0.2) is 4.39 Å². The van der Waals surface area contributed by atoms with Crippen molar-refractivity contribution in [3.63, 3.8) is 0 Å². The third-order valence-electron chi connectivity index (χ3n) is 4.04. The topological polar surface area (TPSA) is 35.5 Å². The molecule has 3 nitrogen and oxygen atoms in total. The summed E-state index contributed by atoms with van der Waals surface area (Å²) in [5.74, 6) is 0.298. The molecule has 2 N–H and O–H groups in total. The monoisotopic (exact) mass is 266 g/mol. The fraction of sp³-hybridized carbons (Fsp3) is 0.600. The summed E-state index contributed by atoms with van der Waals surface area (Å²) in [6.07, 6.45) is 1.00. The van der Waals surface area contributed by atoms with E-state index in [1.54, 1.807) is 0 Å². The molecule has 1 unspecified atom stereocenters. The number of phenols is 1. The lowest BCUT2D eigenvalue weighted by Crippen LogP contribution is -2.46. The van der Waals surface area contributed by atoms with E-state index >= 15 is 0 Å². The fourth-order valence-electron chi connectivity index (χ4n) is 2.81. The van der Waals surface area contributed by atoms with E-state index in [-0.39, 0.29) is 17.6 Å². The molecule has 0 amide bonds. The van der Waals surface area contributed by atoms with Crippen LogP contribution in [-0.2, 0) is 0 Å². The molecule has 0 radical (unpaired) electrons. The molecule has 0 aliphatic carbocycles. The van der Waals surface area contributed by atoms with E-state index in [2.05, 4.69) is 24.1 Å². The van der Waals surface area contributed by atoms with E-state index in [1.165, 1.54) is 18.2 Å². The molecule has 1 heterocycles. The molecule has 0 spiro atoms. The van der Waals surface area contributed by atoms with Crippen molar-refractivity contribution in [2.75, 3.05) is 26.2 Å². The van der Waals surface area contributed by atoms with Gasteiger partial charge >= 0.3 is 0 Å². The van der Waals surface area contributed by atoms with Crippen molar-refractivity contribution in [3.05, 3.63) is 29.6 Å². The van der Waals surface area contributed by atoms with Gasteiger partial charge in [0.25, 0.3) is 0 Å². The van der Waals surface area contributed by atoms with Crippen molar-refractivity contribution in [2.45, 2.75) is 26.3 Å². The third kappa shape index (κ3) is 3.25. The molecule has 0 aromatic heterocycles. The maximum absolute atomic E-state index is 13.5. The number of piperazine rings is 1. The van der Waals surface area contributed by atoms with E-state index < -0.39 is 0 Å². The number of rotatable bonds is 4. The molecule has 4 heteroatoms. The van der Waals surface area contributed by atoms with E-state index in [4.69, 9.17) is 0 Å². The fourth-order valence-corrected chi connectivity index (χ4v) is 2.81. The van der Waals surface area contributed by atoms with Gasteiger partial charge in [0.2, 0.25) is 0 Å². The lowest BCUT2D eigenvalue weighted by Gasteiger charge is -2.38. The lowest BCUT2D eigenvalue weighted by atomic mass is 9.90. The molecular weight excluding hydrogens is 243 g/mol. The van der Waals surface area contributed by atoms with Crippen LogP contribution in [0.25, 0.3) is 0 Å². The van der Waals surface area contributed by atoms with Crippen LogP contribution >= 0.6 is 0 Å². The van der Waals surface area contributed by atoms with Crippen LogP contribution in [0.3, 0.4) is 0 Å². The highest BCUT2D eigenvalue weighted by Crippen LogP contribution is 2.36. The highest BCUT2D eigenvalue weighted by atomic mass is 19.1. The zero-order valence-electron chi connectivity index (χ0n) is 11.7. The Morgan fingerprint density at radius 3 is 2.68 bits per heavy atom. The van der Waals surface area contributed by atoms with Crippen LogP contribution in [0.5, 0.6) is 5.75 Å². The molecule has 2 rings (SSSR count). The summed E-state index contributed by atoms with van der Waals surface area (Å²) in [6.45, 7) is 8.06. The zero-order valence-corrected chi connectivity index (χ0v) is 11.7. The summed E-state index contributed by atoms with van der Waals surface area (Å²) in [5, 5.41) is 13.4. The Balaban J connectivity index is 2.33. The Morgan fingerprint density at radius 2 is 2.05 bits per heavy atom. The molecule has 1 aromatic rings. The number of halogens is 1. The normalized spacial score (nSPS) is 20.2. The van der Waals surface area contributed by atoms with Crippen LogP contribution in [0, 0.1) is 11.7 Å². The van der Waals surface area contributed by atoms with Crippen LogP contribution in [0.15, 0.2) is 18.2 Å². The van der Waals surface area contributed by atoms with Gasteiger partial charge in [0.1, 0.15) is 11.6 Å². The third-order valence-corrected chi connectivity index (χ3v) is 4.04. The van der Waals surface area contributed by atoms with Crippen LogP contribution in [-0.4, -0.2) is 36.2 Å². The summed E-state index contributed by atoms with van der Waals surface area (Å²) >= 11 is 0. The van der Waals surface area contributed by atoms with Gasteiger partial charge in [-0.15, -0.1) is 0 Å². The van der Waals surface area contributed by atoms with E-state index in [9.17, 15) is 9.50 Å². The number of nitrogens with zero attached hydrogens (tertiary/aromatic N) is 1. The number of aromatic hydroxyl groups is 1. The van der Waals surface area contributed by atoms with Gasteiger partial charge in [0.15, 0.2) is 0 Å². The molecule has 0 saturated carbocycles. The van der Waals surface area contributed by atoms with Crippen molar-refractivity contribution >= 4 is 0 Å². The summed E-state index contributed by atoms with van der Waals surface area (Å²) in [4.78, 5) is 2.35. The average Bonchev–Trinajstić information content (AvgIpc) is 2.44. The standard InChI is InChI=1S/C15H23FN2O/c1-3-11(2)15(18-8-6-17-7-9-18)13-10-12(16)4-5-14(13)19/h4-5,10-11,15,17,19H,3,6-9H2,1-2H3/t11?,15-/m1/s1. The number of phenolic OH excluding ortho intramolecular Hbond substituents is 1. The molecule has 0 bridgehead atoms. The number of nitrogens with one attached hydrogen (secondary N) is 1. The molecule has 1 saturated heterocycles. The molecule has 1 aliphatic rings. The minimum atomic E-state index is -0.281. The van der Waals surface area contributed by atoms with Crippen LogP contribution in [0.2, 0.25) is 0 Å². The van der Waals surface area contributed by atoms with Gasteiger partial charge in [-0.3, -0.25) is 4.90 Å². The second-order valence-electron chi connectivity index (χ2n) is 5.32. The minimum absolute atomic E-state index is 0.0859. The molecule has 2 atom stereocenters. The smallest absolute Gasteiger partial charge is 0.123 e. The zero-order chi connectivity index (χ0) is 13.8. The maximum Gasteiger partial charge on any atom is 0.123 e. The largest absolute Gasteiger partial charge is 0.508 e. The van der Waals surface area contributed by atoms with Crippen molar-refractivity contribution < 1.29 is 9.50 Å². The number of hydrogen-bond donors (Lipinski definition) is 2. The first-order valence-electron chi connectivity index (χ1n) is 7.06. The first-order chi connectivity index (χ1) is 9.13. The molecular formula is C15H23FN2O. The van der Waals surface area contributed by atoms with E-state index in [0.717, 1.165) is 38.2 Å². The summed E-state index contributed by atoms with van der Waals surface area (Å²) in [5.41, 5.74) is 0.719.